The van der Waals surface area contributed by atoms with E-state index in [0.29, 0.717) is 58.8 Å². The number of sulfonamides is 1. The molecule has 14 nitrogen and oxygen atoms in total. The van der Waals surface area contributed by atoms with E-state index in [-0.39, 0.29) is 48.1 Å². The Hall–Kier alpha value is -3.83. The van der Waals surface area contributed by atoms with Gasteiger partial charge in [-0.3, -0.25) is 19.1 Å². The summed E-state index contributed by atoms with van der Waals surface area (Å²) in [7, 11) is -0.845. The van der Waals surface area contributed by atoms with Crippen LogP contribution in [-0.2, 0) is 33.9 Å². The normalized spacial score (nSPS) is 25.9. The number of methoxy groups -OCH3 is 2. The van der Waals surface area contributed by atoms with Crippen LogP contribution in [0.3, 0.4) is 0 Å². The first kappa shape index (κ1) is 41.3. The largest absolute Gasteiger partial charge is 0.487 e. The number of benzene rings is 1. The number of pyridine rings is 1. The van der Waals surface area contributed by atoms with Gasteiger partial charge in [0.1, 0.15) is 51.5 Å². The first-order chi connectivity index (χ1) is 27.1. The van der Waals surface area contributed by atoms with Gasteiger partial charge in [0.15, 0.2) is 6.29 Å². The lowest BCUT2D eigenvalue weighted by atomic mass is 9.84. The summed E-state index contributed by atoms with van der Waals surface area (Å²) in [6, 6.07) is 3.89. The van der Waals surface area contributed by atoms with E-state index < -0.39 is 63.0 Å². The first-order valence-corrected chi connectivity index (χ1v) is 22.2. The van der Waals surface area contributed by atoms with E-state index in [1.165, 1.54) is 25.6 Å². The van der Waals surface area contributed by atoms with Crippen LogP contribution in [0.1, 0.15) is 77.8 Å². The summed E-state index contributed by atoms with van der Waals surface area (Å²) in [5, 5.41) is 5.76. The second-order valence-electron chi connectivity index (χ2n) is 16.1. The maximum Gasteiger partial charge on any atom is 0.259 e. The molecule has 2 aliphatic carbocycles. The number of thiazole rings is 1. The van der Waals surface area contributed by atoms with Gasteiger partial charge in [0.2, 0.25) is 21.8 Å². The molecule has 17 heteroatoms. The minimum Gasteiger partial charge on any atom is -0.487 e. The second kappa shape index (κ2) is 16.1. The van der Waals surface area contributed by atoms with E-state index in [1.54, 1.807) is 23.1 Å². The van der Waals surface area contributed by atoms with Crippen molar-refractivity contribution in [3.63, 3.8) is 0 Å². The zero-order chi connectivity index (χ0) is 41.0. The predicted molar refractivity (Wildman–Crippen MR) is 216 cm³/mol. The van der Waals surface area contributed by atoms with Crippen molar-refractivity contribution in [3.05, 3.63) is 47.0 Å². The molecule has 308 valence electrons. The average molecular weight is 844 g/mol. The van der Waals surface area contributed by atoms with Crippen molar-refractivity contribution in [1.29, 1.82) is 0 Å². The summed E-state index contributed by atoms with van der Waals surface area (Å²) in [5.41, 5.74) is 0.366. The predicted octanol–water partition coefficient (Wildman–Crippen LogP) is 5.59. The van der Waals surface area contributed by atoms with Gasteiger partial charge in [0, 0.05) is 49.3 Å². The third-order valence-electron chi connectivity index (χ3n) is 11.6. The first-order valence-electron chi connectivity index (χ1n) is 19.4. The van der Waals surface area contributed by atoms with Crippen molar-refractivity contribution < 1.29 is 41.7 Å². The molecule has 2 aliphatic heterocycles. The molecule has 0 radical (unpaired) electrons. The Labute approximate surface area is 342 Å². The quantitative estimate of drug-likeness (QED) is 0.136. The maximum atomic E-state index is 14.4. The molecule has 4 fully saturated rings. The fourth-order valence-electron chi connectivity index (χ4n) is 7.96. The van der Waals surface area contributed by atoms with Crippen molar-refractivity contribution in [2.24, 2.45) is 17.8 Å². The fraction of sp³-hybridized carbons (Fsp3) is 0.575. The zero-order valence-electron chi connectivity index (χ0n) is 33.0. The Morgan fingerprint density at radius 3 is 2.46 bits per heavy atom. The van der Waals surface area contributed by atoms with Crippen LogP contribution in [0.5, 0.6) is 11.5 Å². The monoisotopic (exact) mass is 843 g/mol. The average Bonchev–Trinajstić information content (AvgIpc) is 4.07. The molecule has 2 saturated carbocycles. The van der Waals surface area contributed by atoms with E-state index in [2.05, 4.69) is 30.5 Å². The van der Waals surface area contributed by atoms with Crippen LogP contribution >= 0.6 is 22.9 Å². The molecule has 6 atom stereocenters. The van der Waals surface area contributed by atoms with E-state index in [1.807, 2.05) is 25.3 Å². The highest BCUT2D eigenvalue weighted by Gasteiger charge is 2.62. The third-order valence-corrected chi connectivity index (χ3v) is 14.7. The Morgan fingerprint density at radius 2 is 1.84 bits per heavy atom. The van der Waals surface area contributed by atoms with Gasteiger partial charge in [-0.25, -0.2) is 18.4 Å². The van der Waals surface area contributed by atoms with Gasteiger partial charge in [-0.05, 0) is 56.1 Å². The lowest BCUT2D eigenvalue weighted by Gasteiger charge is -2.40. The number of carbonyl (C=O) groups excluding carboxylic acids is 3. The fourth-order valence-corrected chi connectivity index (χ4v) is 10.5. The number of ether oxygens (including phenoxy) is 4. The topological polar surface area (TPSA) is 175 Å². The second-order valence-corrected chi connectivity index (χ2v) is 19.3. The van der Waals surface area contributed by atoms with E-state index >= 15 is 0 Å². The smallest absolute Gasteiger partial charge is 0.259 e. The van der Waals surface area contributed by atoms with Gasteiger partial charge in [0.05, 0.1) is 22.5 Å². The van der Waals surface area contributed by atoms with Gasteiger partial charge in [-0.15, -0.1) is 17.9 Å². The minimum absolute atomic E-state index is 0.0304. The lowest BCUT2D eigenvalue weighted by molar-refractivity contribution is -0.149. The van der Waals surface area contributed by atoms with Crippen molar-refractivity contribution in [3.8, 4) is 22.2 Å². The summed E-state index contributed by atoms with van der Waals surface area (Å²) in [4.78, 5) is 53.6. The number of rotatable bonds is 16. The highest BCUT2D eigenvalue weighted by molar-refractivity contribution is 7.91. The van der Waals surface area contributed by atoms with Crippen LogP contribution < -0.4 is 19.5 Å². The van der Waals surface area contributed by atoms with Crippen molar-refractivity contribution >= 4 is 61.6 Å². The molecule has 2 N–H and O–H groups in total. The molecule has 3 amide bonds. The van der Waals surface area contributed by atoms with Crippen molar-refractivity contribution in [2.75, 3.05) is 20.8 Å². The number of amides is 3. The van der Waals surface area contributed by atoms with Crippen LogP contribution in [0.15, 0.2) is 36.2 Å². The molecule has 0 spiro atoms. The number of aromatic nitrogens is 2. The third kappa shape index (κ3) is 7.99. The Morgan fingerprint density at radius 1 is 1.11 bits per heavy atom. The number of hydrogen-bond donors (Lipinski definition) is 2. The zero-order valence-corrected chi connectivity index (χ0v) is 35.3. The lowest BCUT2D eigenvalue weighted by Crippen LogP contribution is -2.59. The van der Waals surface area contributed by atoms with Crippen LogP contribution in [0, 0.1) is 17.8 Å². The van der Waals surface area contributed by atoms with Crippen molar-refractivity contribution in [1.82, 2.24) is 24.9 Å². The molecule has 3 aromatic rings. The number of fused-ring (bicyclic) bond motifs is 2. The van der Waals surface area contributed by atoms with Gasteiger partial charge < -0.3 is 29.2 Å². The highest BCUT2D eigenvalue weighted by atomic mass is 35.5. The summed E-state index contributed by atoms with van der Waals surface area (Å²) < 4.78 is 51.2. The molecule has 0 bridgehead atoms. The number of halogens is 1. The molecule has 1 aromatic carbocycles. The number of nitrogens with one attached hydrogen (secondary N) is 2. The van der Waals surface area contributed by atoms with Crippen molar-refractivity contribution in [2.45, 2.75) is 107 Å². The van der Waals surface area contributed by atoms with Gasteiger partial charge in [0.25, 0.3) is 5.91 Å². The minimum atomic E-state index is -3.87. The van der Waals surface area contributed by atoms with Gasteiger partial charge in [-0.1, -0.05) is 45.4 Å². The van der Waals surface area contributed by atoms with Crippen LogP contribution in [0.25, 0.3) is 21.6 Å². The Bertz CT molecular complexity index is 2170. The summed E-state index contributed by atoms with van der Waals surface area (Å²) in [6.07, 6.45) is 2.77. The molecular formula is C40H50ClN5O9S2. The van der Waals surface area contributed by atoms with E-state index in [0.717, 1.165) is 5.69 Å². The summed E-state index contributed by atoms with van der Waals surface area (Å²) in [6.45, 7) is 12.0. The summed E-state index contributed by atoms with van der Waals surface area (Å²) in [5.74, 6) is -1.25. The molecule has 7 rings (SSSR count). The van der Waals surface area contributed by atoms with Crippen LogP contribution in [0.2, 0.25) is 5.02 Å². The molecule has 57 heavy (non-hydrogen) atoms. The highest BCUT2D eigenvalue weighted by Crippen LogP contribution is 2.47. The molecular weight excluding hydrogens is 794 g/mol. The maximum absolute atomic E-state index is 14.4. The Balaban J connectivity index is 1.23. The van der Waals surface area contributed by atoms with Gasteiger partial charge in [-0.2, -0.15) is 0 Å². The Kier molecular flexibility index (Phi) is 11.7. The van der Waals surface area contributed by atoms with E-state index in [4.69, 9.17) is 40.5 Å². The molecule has 2 saturated heterocycles. The number of piperidine rings is 1. The van der Waals surface area contributed by atoms with Gasteiger partial charge >= 0.3 is 0 Å². The molecule has 4 heterocycles. The van der Waals surface area contributed by atoms with Crippen LogP contribution in [-0.4, -0.2) is 97.1 Å². The summed E-state index contributed by atoms with van der Waals surface area (Å²) >= 11 is 8.46. The standard InChI is InChI=1S/C40H50ClN5O9S2/c1-8-22-17-40(22,39(49)45-57(50,51)23-9-10-23)44-36(47)29-16-32(28-13-11-24(20(2)3)38(48)46(28)29)55-31-15-26(37-43-27(19-56-37)21(4)5)42-35-25(31)12-14-30(34(35)41)54-18-33(52-6)53-7/h8,12,14-15,19-24,28-29,32-33H,1,9-11,13,16-18H2,2-7H3,(H,44,47)(H,45,49)/t22-,24?,28-,29+,32-,40-/m1/s1. The molecule has 1 unspecified atom stereocenters. The number of hydrogen-bond acceptors (Lipinski definition) is 12. The molecule has 4 aliphatic rings. The SMILES string of the molecule is C=C[C@@H]1C[C@]1(NC(=O)[C@@H]1C[C@@H](Oc2cc(-c3nc(C(C)C)cs3)nc3c(Cl)c(OCC(OC)OC)ccc23)[C@H]2CCC(C(C)C)C(=O)N21)C(=O)NS(=O)(=O)C1CC1. The number of carbonyl (C=O) groups is 3. The molecule has 2 aromatic heterocycles. The van der Waals surface area contributed by atoms with E-state index in [9.17, 15) is 22.8 Å². The van der Waals surface area contributed by atoms with Crippen LogP contribution in [0.4, 0.5) is 0 Å². The number of nitrogens with zero attached hydrogens (tertiary/aromatic N) is 3.